The number of carbonyl (C=O) groups excluding carboxylic acids is 2. The average Bonchev–Trinajstić information content (AvgIpc) is 3.01. The highest BCUT2D eigenvalue weighted by atomic mass is 32.2. The molecule has 6 rings (SSSR count). The number of benzene rings is 4. The maximum absolute atomic E-state index is 13.7. The third-order valence-electron chi connectivity index (χ3n) is 8.15. The number of carbonyl (C=O) groups is 2. The summed E-state index contributed by atoms with van der Waals surface area (Å²) in [7, 11) is 0. The van der Waals surface area contributed by atoms with E-state index in [-0.39, 0.29) is 11.8 Å². The number of likely N-dealkylation sites (tertiary alicyclic amines) is 1. The summed E-state index contributed by atoms with van der Waals surface area (Å²) in [5.41, 5.74) is 6.22. The Bertz CT molecular complexity index is 1570. The number of anilines is 1. The van der Waals surface area contributed by atoms with Crippen LogP contribution in [0.15, 0.2) is 113 Å². The number of rotatable bonds is 6. The Morgan fingerprint density at radius 2 is 1.54 bits per heavy atom. The number of fused-ring (bicyclic) bond motifs is 1. The molecule has 4 nitrogen and oxygen atoms in total. The number of thioether (sulfide) groups is 1. The van der Waals surface area contributed by atoms with Crippen molar-refractivity contribution in [2.75, 3.05) is 18.0 Å². The van der Waals surface area contributed by atoms with Crippen molar-refractivity contribution < 1.29 is 9.59 Å². The molecule has 206 valence electrons. The van der Waals surface area contributed by atoms with Crippen molar-refractivity contribution in [3.8, 4) is 0 Å². The summed E-state index contributed by atoms with van der Waals surface area (Å²) in [6.45, 7) is 4.19. The van der Waals surface area contributed by atoms with Gasteiger partial charge in [0.25, 0.3) is 11.8 Å². The van der Waals surface area contributed by atoms with Crippen molar-refractivity contribution in [1.29, 1.82) is 0 Å². The predicted octanol–water partition coefficient (Wildman–Crippen LogP) is 7.77. The van der Waals surface area contributed by atoms with Gasteiger partial charge in [-0.2, -0.15) is 0 Å². The molecular formula is C36H34N2O2S. The monoisotopic (exact) mass is 558 g/mol. The van der Waals surface area contributed by atoms with Crippen LogP contribution in [0.3, 0.4) is 0 Å². The fourth-order valence-corrected chi connectivity index (χ4v) is 6.78. The van der Waals surface area contributed by atoms with Gasteiger partial charge in [-0.15, -0.1) is 0 Å². The fraction of sp³-hybridized carbons (Fsp3) is 0.222. The molecule has 0 atom stereocenters. The van der Waals surface area contributed by atoms with Crippen LogP contribution in [0.1, 0.15) is 45.5 Å². The molecule has 2 amide bonds. The van der Waals surface area contributed by atoms with Gasteiger partial charge in [-0.3, -0.25) is 9.59 Å². The van der Waals surface area contributed by atoms with Crippen LogP contribution in [0.25, 0.3) is 6.08 Å². The molecule has 1 saturated heterocycles. The number of piperidine rings is 1. The fourth-order valence-electron chi connectivity index (χ4n) is 5.72. The largest absolute Gasteiger partial charge is 0.339 e. The van der Waals surface area contributed by atoms with Gasteiger partial charge in [0.05, 0.1) is 17.1 Å². The summed E-state index contributed by atoms with van der Waals surface area (Å²) < 4.78 is 0. The second kappa shape index (κ2) is 12.2. The van der Waals surface area contributed by atoms with Crippen molar-refractivity contribution in [3.63, 3.8) is 0 Å². The number of nitrogens with zero attached hydrogens (tertiary/aromatic N) is 2. The number of hydrogen-bond donors (Lipinski definition) is 0. The smallest absolute Gasteiger partial charge is 0.265 e. The minimum Gasteiger partial charge on any atom is -0.339 e. The third kappa shape index (κ3) is 6.15. The summed E-state index contributed by atoms with van der Waals surface area (Å²) >= 11 is 1.51. The van der Waals surface area contributed by atoms with Crippen LogP contribution >= 0.6 is 11.8 Å². The van der Waals surface area contributed by atoms with E-state index in [1.807, 2.05) is 70.5 Å². The Hall–Kier alpha value is -4.09. The van der Waals surface area contributed by atoms with E-state index in [2.05, 4.69) is 55.5 Å². The molecule has 0 aromatic heterocycles. The zero-order valence-electron chi connectivity index (χ0n) is 23.3. The number of para-hydroxylation sites is 1. The van der Waals surface area contributed by atoms with Crippen LogP contribution in [-0.4, -0.2) is 29.8 Å². The molecular weight excluding hydrogens is 524 g/mol. The summed E-state index contributed by atoms with van der Waals surface area (Å²) in [6, 6.07) is 34.6. The highest BCUT2D eigenvalue weighted by Crippen LogP contribution is 2.42. The molecule has 0 aliphatic carbocycles. The molecule has 5 heteroatoms. The van der Waals surface area contributed by atoms with Crippen LogP contribution < -0.4 is 4.90 Å². The molecule has 0 N–H and O–H groups in total. The standard InChI is InChI=1S/C36H34N2O2S/c1-26-9-5-6-12-31(26)25-38-32-13-7-8-14-33(32)41-34(36(38)40)24-28-15-17-30(18-16-28)35(39)37-21-19-29(20-22-37)23-27-10-3-2-4-11-27/h2-18,24,29H,19-23,25H2,1H3/b34-24+. The second-order valence-electron chi connectivity index (χ2n) is 10.9. The molecule has 0 unspecified atom stereocenters. The van der Waals surface area contributed by atoms with Gasteiger partial charge in [-0.1, -0.05) is 90.6 Å². The highest BCUT2D eigenvalue weighted by Gasteiger charge is 2.29. The predicted molar refractivity (Wildman–Crippen MR) is 168 cm³/mol. The first-order valence-electron chi connectivity index (χ1n) is 14.3. The lowest BCUT2D eigenvalue weighted by molar-refractivity contribution is -0.114. The molecule has 1 fully saturated rings. The van der Waals surface area contributed by atoms with Gasteiger partial charge in [0.2, 0.25) is 0 Å². The minimum absolute atomic E-state index is 0.00419. The molecule has 2 heterocycles. The van der Waals surface area contributed by atoms with Crippen LogP contribution in [0.5, 0.6) is 0 Å². The number of aryl methyl sites for hydroxylation is 1. The lowest BCUT2D eigenvalue weighted by Crippen LogP contribution is -2.38. The van der Waals surface area contributed by atoms with Crippen molar-refractivity contribution in [2.24, 2.45) is 5.92 Å². The van der Waals surface area contributed by atoms with E-state index < -0.39 is 0 Å². The van der Waals surface area contributed by atoms with Crippen LogP contribution in [0, 0.1) is 12.8 Å². The molecule has 0 radical (unpaired) electrons. The molecule has 2 aliphatic heterocycles. The Morgan fingerprint density at radius 1 is 0.854 bits per heavy atom. The normalized spacial score (nSPS) is 16.6. The molecule has 0 saturated carbocycles. The first-order valence-corrected chi connectivity index (χ1v) is 15.1. The third-order valence-corrected chi connectivity index (χ3v) is 9.22. The summed E-state index contributed by atoms with van der Waals surface area (Å²) in [5, 5.41) is 0. The van der Waals surface area contributed by atoms with E-state index in [0.29, 0.717) is 22.9 Å². The number of amides is 2. The van der Waals surface area contributed by atoms with Gasteiger partial charge in [-0.25, -0.2) is 0 Å². The number of hydrogen-bond acceptors (Lipinski definition) is 3. The van der Waals surface area contributed by atoms with Crippen molar-refractivity contribution in [2.45, 2.75) is 37.6 Å². The Balaban J connectivity index is 1.14. The van der Waals surface area contributed by atoms with E-state index in [1.165, 1.54) is 22.9 Å². The van der Waals surface area contributed by atoms with Gasteiger partial charge in [-0.05, 0) is 84.7 Å². The molecule has 0 spiro atoms. The van der Waals surface area contributed by atoms with Gasteiger partial charge < -0.3 is 9.80 Å². The SMILES string of the molecule is Cc1ccccc1CN1C(=O)/C(=C\c2ccc(C(=O)N3CCC(Cc4ccccc4)CC3)cc2)Sc2ccccc21. The van der Waals surface area contributed by atoms with Crippen molar-refractivity contribution in [3.05, 3.63) is 136 Å². The van der Waals surface area contributed by atoms with Crippen LogP contribution in [0.2, 0.25) is 0 Å². The van der Waals surface area contributed by atoms with E-state index in [1.54, 1.807) is 0 Å². The van der Waals surface area contributed by atoms with E-state index in [4.69, 9.17) is 0 Å². The molecule has 0 bridgehead atoms. The van der Waals surface area contributed by atoms with Gasteiger partial charge >= 0.3 is 0 Å². The first kappa shape index (κ1) is 27.1. The Morgan fingerprint density at radius 3 is 2.29 bits per heavy atom. The summed E-state index contributed by atoms with van der Waals surface area (Å²) in [6.07, 6.45) is 5.09. The average molecular weight is 559 g/mol. The molecule has 4 aromatic carbocycles. The maximum atomic E-state index is 13.7. The van der Waals surface area contributed by atoms with Crippen LogP contribution in [0.4, 0.5) is 5.69 Å². The summed E-state index contributed by atoms with van der Waals surface area (Å²) in [5.74, 6) is 0.704. The minimum atomic E-state index is -0.00419. The zero-order valence-corrected chi connectivity index (χ0v) is 24.1. The zero-order chi connectivity index (χ0) is 28.2. The topological polar surface area (TPSA) is 40.6 Å². The van der Waals surface area contributed by atoms with Crippen molar-refractivity contribution in [1.82, 2.24) is 4.90 Å². The van der Waals surface area contributed by atoms with Gasteiger partial charge in [0.1, 0.15) is 0 Å². The van der Waals surface area contributed by atoms with Crippen molar-refractivity contribution >= 4 is 35.3 Å². The quantitative estimate of drug-likeness (QED) is 0.227. The molecule has 4 aromatic rings. The van der Waals surface area contributed by atoms with Gasteiger partial charge in [0.15, 0.2) is 0 Å². The maximum Gasteiger partial charge on any atom is 0.265 e. The highest BCUT2D eigenvalue weighted by molar-refractivity contribution is 8.04. The summed E-state index contributed by atoms with van der Waals surface area (Å²) in [4.78, 5) is 32.6. The van der Waals surface area contributed by atoms with Gasteiger partial charge in [0, 0.05) is 23.5 Å². The lowest BCUT2D eigenvalue weighted by Gasteiger charge is -2.32. The Labute approximate surface area is 246 Å². The molecule has 2 aliphatic rings. The lowest BCUT2D eigenvalue weighted by atomic mass is 9.90. The molecule has 41 heavy (non-hydrogen) atoms. The van der Waals surface area contributed by atoms with E-state index in [0.717, 1.165) is 54.1 Å². The van der Waals surface area contributed by atoms with E-state index in [9.17, 15) is 9.59 Å². The van der Waals surface area contributed by atoms with Crippen LogP contribution in [-0.2, 0) is 17.8 Å². The first-order chi connectivity index (χ1) is 20.0. The Kier molecular flexibility index (Phi) is 8.06. The second-order valence-corrected chi connectivity index (χ2v) is 12.0. The van der Waals surface area contributed by atoms with E-state index >= 15 is 0 Å².